The lowest BCUT2D eigenvalue weighted by molar-refractivity contribution is 0.420. The van der Waals surface area contributed by atoms with Crippen LogP contribution in [0.25, 0.3) is 10.9 Å². The van der Waals surface area contributed by atoms with Crippen LogP contribution in [0.1, 0.15) is 26.2 Å². The minimum absolute atomic E-state index is 0.959. The summed E-state index contributed by atoms with van der Waals surface area (Å²) in [6.45, 7) is 5.52. The van der Waals surface area contributed by atoms with Gasteiger partial charge in [-0.25, -0.2) is 0 Å². The van der Waals surface area contributed by atoms with E-state index in [-0.39, 0.29) is 0 Å². The standard InChI is InChI=1S/C16H24N2O/c1-3-10-17-11-4-5-12-18-13-9-14-15(18)7-6-8-16(14)19-2/h6-9,13,17H,3-5,10-12H2,1-2H3. The highest BCUT2D eigenvalue weighted by Crippen LogP contribution is 2.26. The first kappa shape index (κ1) is 13.9. The molecular weight excluding hydrogens is 236 g/mol. The molecule has 0 amide bonds. The molecular formula is C16H24N2O. The maximum atomic E-state index is 5.39. The van der Waals surface area contributed by atoms with E-state index in [0.717, 1.165) is 25.4 Å². The van der Waals surface area contributed by atoms with Crippen molar-refractivity contribution in [3.8, 4) is 5.75 Å². The van der Waals surface area contributed by atoms with Gasteiger partial charge in [-0.3, -0.25) is 0 Å². The Balaban J connectivity index is 1.91. The number of unbranched alkanes of at least 4 members (excludes halogenated alkanes) is 1. The van der Waals surface area contributed by atoms with Crippen molar-refractivity contribution in [2.45, 2.75) is 32.7 Å². The van der Waals surface area contributed by atoms with Crippen molar-refractivity contribution >= 4 is 10.9 Å². The number of benzene rings is 1. The molecule has 1 aromatic carbocycles. The fourth-order valence-electron chi connectivity index (χ4n) is 2.40. The number of hydrogen-bond donors (Lipinski definition) is 1. The van der Waals surface area contributed by atoms with E-state index in [4.69, 9.17) is 4.74 Å². The molecule has 3 heteroatoms. The minimum Gasteiger partial charge on any atom is -0.496 e. The first-order valence-corrected chi connectivity index (χ1v) is 7.19. The SMILES string of the molecule is CCCNCCCCn1ccc2c(OC)cccc21. The first-order valence-electron chi connectivity index (χ1n) is 7.19. The van der Waals surface area contributed by atoms with Crippen molar-refractivity contribution in [1.82, 2.24) is 9.88 Å². The third kappa shape index (κ3) is 3.51. The molecule has 0 bridgehead atoms. The third-order valence-corrected chi connectivity index (χ3v) is 3.42. The van der Waals surface area contributed by atoms with Gasteiger partial charge in [0.2, 0.25) is 0 Å². The average molecular weight is 260 g/mol. The van der Waals surface area contributed by atoms with Gasteiger partial charge in [-0.2, -0.15) is 0 Å². The van der Waals surface area contributed by atoms with Crippen molar-refractivity contribution < 1.29 is 4.74 Å². The summed E-state index contributed by atoms with van der Waals surface area (Å²) in [7, 11) is 1.73. The molecule has 2 aromatic rings. The van der Waals surface area contributed by atoms with E-state index in [1.807, 2.05) is 6.07 Å². The van der Waals surface area contributed by atoms with Gasteiger partial charge in [0.05, 0.1) is 12.6 Å². The van der Waals surface area contributed by atoms with E-state index < -0.39 is 0 Å². The normalized spacial score (nSPS) is 11.1. The molecule has 0 aliphatic rings. The second-order valence-electron chi connectivity index (χ2n) is 4.86. The number of nitrogens with zero attached hydrogens (tertiary/aromatic N) is 1. The number of aromatic nitrogens is 1. The van der Waals surface area contributed by atoms with Crippen LogP contribution in [0.2, 0.25) is 0 Å². The zero-order valence-corrected chi connectivity index (χ0v) is 12.0. The van der Waals surface area contributed by atoms with Crippen molar-refractivity contribution in [3.05, 3.63) is 30.5 Å². The Kier molecular flexibility index (Phi) is 5.28. The second kappa shape index (κ2) is 7.19. The molecule has 3 nitrogen and oxygen atoms in total. The van der Waals surface area contributed by atoms with Crippen LogP contribution < -0.4 is 10.1 Å². The lowest BCUT2D eigenvalue weighted by atomic mass is 10.2. The number of ether oxygens (including phenoxy) is 1. The lowest BCUT2D eigenvalue weighted by Gasteiger charge is -2.07. The monoisotopic (exact) mass is 260 g/mol. The molecule has 0 aliphatic heterocycles. The van der Waals surface area contributed by atoms with Crippen LogP contribution in [-0.4, -0.2) is 24.8 Å². The Bertz CT molecular complexity index is 504. The smallest absolute Gasteiger partial charge is 0.128 e. The Labute approximate surface area is 115 Å². The van der Waals surface area contributed by atoms with Crippen molar-refractivity contribution in [3.63, 3.8) is 0 Å². The predicted octanol–water partition coefficient (Wildman–Crippen LogP) is 3.43. The number of methoxy groups -OCH3 is 1. The fraction of sp³-hybridized carbons (Fsp3) is 0.500. The Morgan fingerprint density at radius 2 is 2.05 bits per heavy atom. The number of nitrogens with one attached hydrogen (secondary N) is 1. The zero-order valence-electron chi connectivity index (χ0n) is 12.0. The molecule has 1 aromatic heterocycles. The summed E-state index contributed by atoms with van der Waals surface area (Å²) < 4.78 is 7.70. The van der Waals surface area contributed by atoms with Crippen LogP contribution in [-0.2, 0) is 6.54 Å². The summed E-state index contributed by atoms with van der Waals surface area (Å²) in [5, 5.41) is 4.64. The summed E-state index contributed by atoms with van der Waals surface area (Å²) in [6.07, 6.45) is 5.80. The average Bonchev–Trinajstić information content (AvgIpc) is 2.86. The van der Waals surface area contributed by atoms with E-state index in [0.29, 0.717) is 0 Å². The van der Waals surface area contributed by atoms with Crippen LogP contribution in [0.5, 0.6) is 5.75 Å². The molecule has 104 valence electrons. The summed E-state index contributed by atoms with van der Waals surface area (Å²) in [6, 6.07) is 8.37. The van der Waals surface area contributed by atoms with Gasteiger partial charge in [-0.05, 0) is 50.6 Å². The Morgan fingerprint density at radius 1 is 1.16 bits per heavy atom. The van der Waals surface area contributed by atoms with Gasteiger partial charge in [0.15, 0.2) is 0 Å². The van der Waals surface area contributed by atoms with Crippen molar-refractivity contribution in [2.75, 3.05) is 20.2 Å². The van der Waals surface area contributed by atoms with Crippen LogP contribution in [0.4, 0.5) is 0 Å². The van der Waals surface area contributed by atoms with E-state index >= 15 is 0 Å². The fourth-order valence-corrected chi connectivity index (χ4v) is 2.40. The molecule has 2 rings (SSSR count). The number of fused-ring (bicyclic) bond motifs is 1. The molecule has 0 aliphatic carbocycles. The number of rotatable bonds is 8. The highest BCUT2D eigenvalue weighted by molar-refractivity contribution is 5.86. The van der Waals surface area contributed by atoms with Gasteiger partial charge >= 0.3 is 0 Å². The molecule has 0 saturated heterocycles. The summed E-state index contributed by atoms with van der Waals surface area (Å²) >= 11 is 0. The van der Waals surface area contributed by atoms with E-state index in [1.54, 1.807) is 7.11 Å². The van der Waals surface area contributed by atoms with Crippen molar-refractivity contribution in [2.24, 2.45) is 0 Å². The molecule has 0 unspecified atom stereocenters. The van der Waals surface area contributed by atoms with Gasteiger partial charge in [0, 0.05) is 18.1 Å². The Morgan fingerprint density at radius 3 is 2.84 bits per heavy atom. The van der Waals surface area contributed by atoms with Crippen molar-refractivity contribution in [1.29, 1.82) is 0 Å². The Hall–Kier alpha value is -1.48. The maximum absolute atomic E-state index is 5.39. The molecule has 0 fully saturated rings. The lowest BCUT2D eigenvalue weighted by Crippen LogP contribution is -2.16. The third-order valence-electron chi connectivity index (χ3n) is 3.42. The minimum atomic E-state index is 0.959. The highest BCUT2D eigenvalue weighted by Gasteiger charge is 2.05. The van der Waals surface area contributed by atoms with Gasteiger partial charge in [-0.15, -0.1) is 0 Å². The number of aryl methyl sites for hydroxylation is 1. The molecule has 0 saturated carbocycles. The second-order valence-corrected chi connectivity index (χ2v) is 4.86. The molecule has 0 spiro atoms. The van der Waals surface area contributed by atoms with Crippen LogP contribution >= 0.6 is 0 Å². The topological polar surface area (TPSA) is 26.2 Å². The predicted molar refractivity (Wildman–Crippen MR) is 80.9 cm³/mol. The van der Waals surface area contributed by atoms with Gasteiger partial charge in [0.1, 0.15) is 5.75 Å². The van der Waals surface area contributed by atoms with Crippen LogP contribution in [0.15, 0.2) is 30.5 Å². The van der Waals surface area contributed by atoms with Crippen LogP contribution in [0, 0.1) is 0 Å². The van der Waals surface area contributed by atoms with Crippen LogP contribution in [0.3, 0.4) is 0 Å². The van der Waals surface area contributed by atoms with E-state index in [1.165, 1.54) is 30.2 Å². The van der Waals surface area contributed by atoms with Gasteiger partial charge < -0.3 is 14.6 Å². The molecule has 19 heavy (non-hydrogen) atoms. The van der Waals surface area contributed by atoms with E-state index in [9.17, 15) is 0 Å². The molecule has 0 atom stereocenters. The maximum Gasteiger partial charge on any atom is 0.128 e. The van der Waals surface area contributed by atoms with Gasteiger partial charge in [0.25, 0.3) is 0 Å². The largest absolute Gasteiger partial charge is 0.496 e. The molecule has 1 heterocycles. The van der Waals surface area contributed by atoms with Gasteiger partial charge in [-0.1, -0.05) is 13.0 Å². The first-order chi connectivity index (χ1) is 9.36. The molecule has 1 N–H and O–H groups in total. The highest BCUT2D eigenvalue weighted by atomic mass is 16.5. The zero-order chi connectivity index (χ0) is 13.5. The van der Waals surface area contributed by atoms with E-state index in [2.05, 4.69) is 41.2 Å². The summed E-state index contributed by atoms with van der Waals surface area (Å²) in [5.41, 5.74) is 1.26. The molecule has 0 radical (unpaired) electrons. The number of hydrogen-bond acceptors (Lipinski definition) is 2. The quantitative estimate of drug-likeness (QED) is 0.736. The summed E-state index contributed by atoms with van der Waals surface area (Å²) in [5.74, 6) is 0.959. The summed E-state index contributed by atoms with van der Waals surface area (Å²) in [4.78, 5) is 0.